The summed E-state index contributed by atoms with van der Waals surface area (Å²) in [5.74, 6) is -3.71. The van der Waals surface area contributed by atoms with Gasteiger partial charge in [0.25, 0.3) is 0 Å². The number of para-hydroxylation sites is 1. The van der Waals surface area contributed by atoms with Crippen molar-refractivity contribution in [3.8, 4) is 11.5 Å². The van der Waals surface area contributed by atoms with Crippen molar-refractivity contribution in [3.63, 3.8) is 0 Å². The minimum Gasteiger partial charge on any atom is -0.460 e. The smallest absolute Gasteiger partial charge is 0.453 e. The third-order valence-electron chi connectivity index (χ3n) is 5.58. The number of hydrogen-bond donors (Lipinski definition) is 2. The van der Waals surface area contributed by atoms with Crippen LogP contribution in [0.15, 0.2) is 42.5 Å². The molecule has 0 saturated carbocycles. The molecule has 0 radical (unpaired) electrons. The van der Waals surface area contributed by atoms with E-state index < -0.39 is 23.8 Å². The topological polar surface area (TPSA) is 107 Å². The number of nitrogens with one attached hydrogen (secondary N) is 1. The molecule has 0 aliphatic carbocycles. The van der Waals surface area contributed by atoms with E-state index >= 15 is 0 Å². The number of aliphatic hydroxyl groups is 1. The van der Waals surface area contributed by atoms with Crippen LogP contribution in [-0.2, 0) is 25.5 Å². The van der Waals surface area contributed by atoms with Crippen LogP contribution >= 0.6 is 0 Å². The first kappa shape index (κ1) is 26.3. The van der Waals surface area contributed by atoms with Crippen LogP contribution in [-0.4, -0.2) is 62.7 Å². The fraction of sp³-hybridized carbons (Fsp3) is 0.462. The zero-order chi connectivity index (χ0) is 25.6. The number of fused-ring (bicyclic) bond motifs is 1. The molecule has 2 aromatic rings. The van der Waals surface area contributed by atoms with Crippen LogP contribution in [0.3, 0.4) is 0 Å². The molecule has 0 saturated heterocycles. The summed E-state index contributed by atoms with van der Waals surface area (Å²) in [6.07, 6.45) is -0.0487. The number of hydrogen-bond acceptors (Lipinski definition) is 9. The second-order valence-electron chi connectivity index (χ2n) is 8.53. The van der Waals surface area contributed by atoms with E-state index in [0.717, 1.165) is 16.8 Å². The molecule has 1 heterocycles. The Balaban J connectivity index is 1.66. The number of anilines is 1. The summed E-state index contributed by atoms with van der Waals surface area (Å²) in [5.41, 5.74) is 2.73. The van der Waals surface area contributed by atoms with Gasteiger partial charge in [-0.1, -0.05) is 24.3 Å². The first-order chi connectivity index (χ1) is 16.7. The predicted octanol–water partition coefficient (Wildman–Crippen LogP) is 2.60. The molecule has 0 spiro atoms. The number of benzene rings is 2. The molecular weight excluding hydrogens is 452 g/mol. The molecule has 2 atom stereocenters. The van der Waals surface area contributed by atoms with Crippen LogP contribution in [0.2, 0.25) is 0 Å². The summed E-state index contributed by atoms with van der Waals surface area (Å²) in [4.78, 5) is 27.0. The summed E-state index contributed by atoms with van der Waals surface area (Å²) in [5, 5.41) is 14.1. The number of aliphatic hydroxyl groups excluding tert-OH is 1. The van der Waals surface area contributed by atoms with E-state index in [2.05, 4.69) is 5.32 Å². The van der Waals surface area contributed by atoms with E-state index in [1.54, 1.807) is 26.0 Å². The average molecular weight is 487 g/mol. The molecule has 0 aromatic heterocycles. The molecule has 2 unspecified atom stereocenters. The Morgan fingerprint density at radius 1 is 1.03 bits per heavy atom. The molecule has 1 aliphatic rings. The Morgan fingerprint density at radius 3 is 2.29 bits per heavy atom. The molecule has 0 amide bonds. The summed E-state index contributed by atoms with van der Waals surface area (Å²) >= 11 is 0. The van der Waals surface area contributed by atoms with Crippen molar-refractivity contribution < 1.29 is 33.6 Å². The molecule has 2 aromatic carbocycles. The van der Waals surface area contributed by atoms with Gasteiger partial charge in [0, 0.05) is 37.9 Å². The first-order valence-electron chi connectivity index (χ1n) is 11.7. The maximum Gasteiger partial charge on any atom is 0.453 e. The van der Waals surface area contributed by atoms with Crippen molar-refractivity contribution >= 4 is 17.6 Å². The van der Waals surface area contributed by atoms with Crippen LogP contribution in [0.4, 0.5) is 5.69 Å². The zero-order valence-electron chi connectivity index (χ0n) is 20.9. The molecule has 0 bridgehead atoms. The number of nitrogens with zero attached hydrogens (tertiary/aromatic N) is 1. The molecule has 9 nitrogen and oxygen atoms in total. The molecule has 2 N–H and O–H groups in total. The monoisotopic (exact) mass is 486 g/mol. The van der Waals surface area contributed by atoms with Crippen molar-refractivity contribution in [2.45, 2.75) is 45.1 Å². The van der Waals surface area contributed by atoms with Gasteiger partial charge in [0.05, 0.1) is 19.3 Å². The van der Waals surface area contributed by atoms with E-state index in [4.69, 9.17) is 18.9 Å². The summed E-state index contributed by atoms with van der Waals surface area (Å²) in [7, 11) is 3.89. The SMILES string of the molecule is CCOC(=O)C1(C(=O)OCC)Oc2ccc(CC(C)NCC(O)c3ccccc3N(C)C)cc2O1. The van der Waals surface area contributed by atoms with Crippen molar-refractivity contribution in [1.29, 1.82) is 0 Å². The standard InChI is InChI=1S/C26H34N2O7/c1-6-32-24(30)26(25(31)33-7-2)34-22-13-12-18(15-23(22)35-26)14-17(3)27-16-21(29)19-10-8-9-11-20(19)28(4)5/h8-13,15,17,21,27,29H,6-7,14,16H2,1-5H3. The highest BCUT2D eigenvalue weighted by Gasteiger charge is 2.59. The highest BCUT2D eigenvalue weighted by molar-refractivity contribution is 6.03. The second-order valence-corrected chi connectivity index (χ2v) is 8.53. The van der Waals surface area contributed by atoms with E-state index in [1.165, 1.54) is 0 Å². The predicted molar refractivity (Wildman–Crippen MR) is 131 cm³/mol. The molecular formula is C26H34N2O7. The molecule has 9 heteroatoms. The Hall–Kier alpha value is -3.30. The third-order valence-corrected chi connectivity index (χ3v) is 5.58. The Kier molecular flexibility index (Phi) is 8.58. The van der Waals surface area contributed by atoms with Crippen molar-refractivity contribution in [2.24, 2.45) is 0 Å². The van der Waals surface area contributed by atoms with Crippen LogP contribution in [0, 0.1) is 0 Å². The lowest BCUT2D eigenvalue weighted by Gasteiger charge is -2.22. The van der Waals surface area contributed by atoms with Crippen molar-refractivity contribution in [3.05, 3.63) is 53.6 Å². The Bertz CT molecular complexity index is 1020. The fourth-order valence-corrected chi connectivity index (χ4v) is 3.90. The zero-order valence-corrected chi connectivity index (χ0v) is 20.9. The van der Waals surface area contributed by atoms with Gasteiger partial charge in [-0.3, -0.25) is 0 Å². The minimum atomic E-state index is -2.30. The van der Waals surface area contributed by atoms with E-state index in [1.807, 2.05) is 56.3 Å². The van der Waals surface area contributed by atoms with E-state index in [-0.39, 0.29) is 30.8 Å². The number of ether oxygens (including phenoxy) is 4. The number of carbonyl (C=O) groups is 2. The van der Waals surface area contributed by atoms with E-state index in [9.17, 15) is 14.7 Å². The molecule has 190 valence electrons. The lowest BCUT2D eigenvalue weighted by atomic mass is 10.0. The number of rotatable bonds is 11. The summed E-state index contributed by atoms with van der Waals surface area (Å²) < 4.78 is 21.3. The first-order valence-corrected chi connectivity index (χ1v) is 11.7. The van der Waals surface area contributed by atoms with Gasteiger partial charge in [-0.05, 0) is 51.0 Å². The highest BCUT2D eigenvalue weighted by atomic mass is 16.8. The second kappa shape index (κ2) is 11.4. The maximum absolute atomic E-state index is 12.5. The van der Waals surface area contributed by atoms with Crippen LogP contribution in [0.1, 0.15) is 38.0 Å². The summed E-state index contributed by atoms with van der Waals surface area (Å²) in [6.45, 7) is 5.76. The third kappa shape index (κ3) is 5.86. The Morgan fingerprint density at radius 2 is 1.66 bits per heavy atom. The lowest BCUT2D eigenvalue weighted by molar-refractivity contribution is -0.202. The lowest BCUT2D eigenvalue weighted by Crippen LogP contribution is -2.55. The molecule has 35 heavy (non-hydrogen) atoms. The number of carbonyl (C=O) groups excluding carboxylic acids is 2. The fourth-order valence-electron chi connectivity index (χ4n) is 3.90. The van der Waals surface area contributed by atoms with Gasteiger partial charge in [-0.25, -0.2) is 9.59 Å². The van der Waals surface area contributed by atoms with Crippen LogP contribution in [0.25, 0.3) is 0 Å². The minimum absolute atomic E-state index is 0.0245. The van der Waals surface area contributed by atoms with Gasteiger partial charge in [-0.2, -0.15) is 0 Å². The average Bonchev–Trinajstić information content (AvgIpc) is 3.23. The largest absolute Gasteiger partial charge is 0.460 e. The Labute approximate surface area is 205 Å². The normalized spacial score (nSPS) is 15.3. The number of esters is 2. The molecule has 1 aliphatic heterocycles. The van der Waals surface area contributed by atoms with Gasteiger partial charge in [0.1, 0.15) is 0 Å². The van der Waals surface area contributed by atoms with Gasteiger partial charge < -0.3 is 34.3 Å². The van der Waals surface area contributed by atoms with Crippen molar-refractivity contribution in [2.75, 3.05) is 38.8 Å². The van der Waals surface area contributed by atoms with Gasteiger partial charge in [-0.15, -0.1) is 0 Å². The molecule has 0 fully saturated rings. The van der Waals surface area contributed by atoms with Gasteiger partial charge in [0.15, 0.2) is 11.5 Å². The quantitative estimate of drug-likeness (QED) is 0.366. The van der Waals surface area contributed by atoms with Crippen LogP contribution in [0.5, 0.6) is 11.5 Å². The van der Waals surface area contributed by atoms with Crippen molar-refractivity contribution in [1.82, 2.24) is 5.32 Å². The summed E-state index contributed by atoms with van der Waals surface area (Å²) in [6, 6.07) is 13.0. The van der Waals surface area contributed by atoms with Gasteiger partial charge >= 0.3 is 17.7 Å². The maximum atomic E-state index is 12.5. The van der Waals surface area contributed by atoms with E-state index in [0.29, 0.717) is 13.0 Å². The van der Waals surface area contributed by atoms with Gasteiger partial charge in [0.2, 0.25) is 0 Å². The molecule has 3 rings (SSSR count). The highest BCUT2D eigenvalue weighted by Crippen LogP contribution is 2.41. The van der Waals surface area contributed by atoms with Crippen LogP contribution < -0.4 is 19.7 Å².